The van der Waals surface area contributed by atoms with Gasteiger partial charge in [0.05, 0.1) is 4.90 Å². The number of nitriles is 1. The number of benzene rings is 1. The van der Waals surface area contributed by atoms with Crippen LogP contribution in [-0.2, 0) is 11.0 Å². The van der Waals surface area contributed by atoms with E-state index < -0.39 is 11.0 Å². The molecule has 2 rings (SSSR count). The molecule has 0 saturated carbocycles. The number of hydrogen-bond donors (Lipinski definition) is 1. The standard InChI is InChI=1S/C15H19BrN4OS2/c1-22-15(18-11-17)20-8-6-12(7-9-20)10-19-23(21)14-4-2-13(16)3-5-14/h2-5,12,19H,6-10H2,1H3. The number of halogens is 1. The summed E-state index contributed by atoms with van der Waals surface area (Å²) in [5, 5.41) is 9.49. The normalized spacial score (nSPS) is 17.8. The summed E-state index contributed by atoms with van der Waals surface area (Å²) >= 11 is 4.88. The van der Waals surface area contributed by atoms with E-state index >= 15 is 0 Å². The molecule has 1 fully saturated rings. The summed E-state index contributed by atoms with van der Waals surface area (Å²) in [4.78, 5) is 6.79. The second kappa shape index (κ2) is 9.42. The van der Waals surface area contributed by atoms with Gasteiger partial charge >= 0.3 is 0 Å². The van der Waals surface area contributed by atoms with Crippen molar-refractivity contribution >= 4 is 43.8 Å². The number of hydrogen-bond acceptors (Lipinski definition) is 4. The second-order valence-electron chi connectivity index (χ2n) is 5.20. The van der Waals surface area contributed by atoms with Crippen LogP contribution in [0.25, 0.3) is 0 Å². The maximum atomic E-state index is 12.2. The van der Waals surface area contributed by atoms with Crippen LogP contribution in [0.5, 0.6) is 0 Å². The van der Waals surface area contributed by atoms with E-state index in [1.807, 2.05) is 36.7 Å². The van der Waals surface area contributed by atoms with E-state index in [9.17, 15) is 4.21 Å². The van der Waals surface area contributed by atoms with Gasteiger partial charge < -0.3 is 4.90 Å². The van der Waals surface area contributed by atoms with Crippen molar-refractivity contribution in [2.24, 2.45) is 10.9 Å². The molecule has 1 N–H and O–H groups in total. The SMILES string of the molecule is CSC(=NC#N)N1CCC(CNS(=O)c2ccc(Br)cc2)CC1. The zero-order valence-electron chi connectivity index (χ0n) is 12.9. The molecule has 1 saturated heterocycles. The molecular formula is C15H19BrN4OS2. The Hall–Kier alpha value is -0.880. The maximum Gasteiger partial charge on any atom is 0.208 e. The molecule has 1 unspecified atom stereocenters. The maximum absolute atomic E-state index is 12.2. The highest BCUT2D eigenvalue weighted by atomic mass is 79.9. The first-order chi connectivity index (χ1) is 11.1. The zero-order chi connectivity index (χ0) is 16.7. The van der Waals surface area contributed by atoms with Gasteiger partial charge in [0, 0.05) is 24.1 Å². The van der Waals surface area contributed by atoms with Crippen LogP contribution in [0.3, 0.4) is 0 Å². The lowest BCUT2D eigenvalue weighted by atomic mass is 9.98. The zero-order valence-corrected chi connectivity index (χ0v) is 16.1. The minimum Gasteiger partial charge on any atom is -0.351 e. The third-order valence-electron chi connectivity index (χ3n) is 3.74. The highest BCUT2D eigenvalue weighted by Gasteiger charge is 2.21. The van der Waals surface area contributed by atoms with Crippen molar-refractivity contribution in [2.45, 2.75) is 17.7 Å². The van der Waals surface area contributed by atoms with Crippen LogP contribution in [0.15, 0.2) is 38.6 Å². The molecule has 0 aliphatic carbocycles. The number of thioether (sulfide) groups is 1. The van der Waals surface area contributed by atoms with Gasteiger partial charge in [0.2, 0.25) is 6.19 Å². The number of amidine groups is 1. The Balaban J connectivity index is 1.78. The van der Waals surface area contributed by atoms with Crippen LogP contribution < -0.4 is 4.72 Å². The van der Waals surface area contributed by atoms with Crippen molar-refractivity contribution in [3.05, 3.63) is 28.7 Å². The minimum atomic E-state index is -1.17. The van der Waals surface area contributed by atoms with Gasteiger partial charge in [0.1, 0.15) is 11.0 Å². The summed E-state index contributed by atoms with van der Waals surface area (Å²) in [7, 11) is -1.17. The fraction of sp³-hybridized carbons (Fsp3) is 0.467. The van der Waals surface area contributed by atoms with Gasteiger partial charge in [-0.1, -0.05) is 27.7 Å². The Kier molecular flexibility index (Phi) is 7.56. The molecule has 1 aliphatic rings. The van der Waals surface area contributed by atoms with Gasteiger partial charge in [0.15, 0.2) is 5.17 Å². The fourth-order valence-corrected chi connectivity index (χ4v) is 4.23. The number of aliphatic imine (C=N–C) groups is 1. The molecule has 0 spiro atoms. The largest absolute Gasteiger partial charge is 0.351 e. The minimum absolute atomic E-state index is 0.496. The van der Waals surface area contributed by atoms with E-state index in [0.29, 0.717) is 5.92 Å². The lowest BCUT2D eigenvalue weighted by Gasteiger charge is -2.33. The van der Waals surface area contributed by atoms with Crippen LogP contribution in [-0.4, -0.2) is 40.2 Å². The Morgan fingerprint density at radius 1 is 1.48 bits per heavy atom. The quantitative estimate of drug-likeness (QED) is 0.467. The third kappa shape index (κ3) is 5.60. The molecule has 0 radical (unpaired) electrons. The summed E-state index contributed by atoms with van der Waals surface area (Å²) in [6.45, 7) is 2.51. The van der Waals surface area contributed by atoms with Gasteiger partial charge in [-0.05, 0) is 49.3 Å². The van der Waals surface area contributed by atoms with Crippen molar-refractivity contribution in [1.29, 1.82) is 5.26 Å². The molecule has 1 heterocycles. The molecule has 1 aliphatic heterocycles. The molecule has 5 nitrogen and oxygen atoms in total. The predicted molar refractivity (Wildman–Crippen MR) is 99.4 cm³/mol. The molecule has 0 bridgehead atoms. The van der Waals surface area contributed by atoms with Crippen molar-refractivity contribution < 1.29 is 4.21 Å². The molecule has 1 aromatic rings. The first-order valence-electron chi connectivity index (χ1n) is 7.30. The van der Waals surface area contributed by atoms with E-state index in [1.165, 1.54) is 11.8 Å². The highest BCUT2D eigenvalue weighted by molar-refractivity contribution is 9.10. The lowest BCUT2D eigenvalue weighted by Crippen LogP contribution is -2.39. The number of rotatable bonds is 4. The fourth-order valence-electron chi connectivity index (χ4n) is 2.45. The van der Waals surface area contributed by atoms with Crippen molar-refractivity contribution in [1.82, 2.24) is 9.62 Å². The first kappa shape index (κ1) is 18.5. The van der Waals surface area contributed by atoms with E-state index in [2.05, 4.69) is 30.5 Å². The van der Waals surface area contributed by atoms with Crippen molar-refractivity contribution in [3.8, 4) is 6.19 Å². The molecule has 1 aromatic carbocycles. The Labute approximate surface area is 152 Å². The van der Waals surface area contributed by atoms with E-state index in [1.54, 1.807) is 0 Å². The summed E-state index contributed by atoms with van der Waals surface area (Å²) in [6, 6.07) is 7.51. The Morgan fingerprint density at radius 2 is 2.13 bits per heavy atom. The van der Waals surface area contributed by atoms with Crippen LogP contribution in [0.1, 0.15) is 12.8 Å². The average Bonchev–Trinajstić information content (AvgIpc) is 2.59. The third-order valence-corrected chi connectivity index (χ3v) is 6.12. The van der Waals surface area contributed by atoms with E-state index in [-0.39, 0.29) is 0 Å². The summed E-state index contributed by atoms with van der Waals surface area (Å²) < 4.78 is 16.3. The van der Waals surface area contributed by atoms with Crippen LogP contribution in [0, 0.1) is 17.4 Å². The van der Waals surface area contributed by atoms with Gasteiger partial charge in [-0.25, -0.2) is 8.93 Å². The topological polar surface area (TPSA) is 68.5 Å². The van der Waals surface area contributed by atoms with Gasteiger partial charge in [-0.3, -0.25) is 0 Å². The summed E-state index contributed by atoms with van der Waals surface area (Å²) in [6.07, 6.45) is 5.81. The number of nitrogens with zero attached hydrogens (tertiary/aromatic N) is 3. The smallest absolute Gasteiger partial charge is 0.208 e. The molecule has 23 heavy (non-hydrogen) atoms. The van der Waals surface area contributed by atoms with Crippen molar-refractivity contribution in [3.63, 3.8) is 0 Å². The van der Waals surface area contributed by atoms with Crippen molar-refractivity contribution in [2.75, 3.05) is 25.9 Å². The molecular weight excluding hydrogens is 396 g/mol. The number of piperidine rings is 1. The average molecular weight is 415 g/mol. The van der Waals surface area contributed by atoms with Crippen LogP contribution >= 0.6 is 27.7 Å². The molecule has 124 valence electrons. The molecule has 1 atom stereocenters. The molecule has 0 aromatic heterocycles. The summed E-state index contributed by atoms with van der Waals surface area (Å²) in [5.41, 5.74) is 0. The van der Waals surface area contributed by atoms with Gasteiger partial charge in [0.25, 0.3) is 0 Å². The van der Waals surface area contributed by atoms with Gasteiger partial charge in [-0.2, -0.15) is 5.26 Å². The predicted octanol–water partition coefficient (Wildman–Crippen LogP) is 2.97. The highest BCUT2D eigenvalue weighted by Crippen LogP contribution is 2.20. The van der Waals surface area contributed by atoms with Gasteiger partial charge in [-0.15, -0.1) is 4.99 Å². The lowest BCUT2D eigenvalue weighted by molar-refractivity contribution is 0.271. The molecule has 8 heteroatoms. The summed E-state index contributed by atoms with van der Waals surface area (Å²) in [5.74, 6) is 0.496. The molecule has 0 amide bonds. The Bertz CT molecular complexity index is 607. The number of nitrogens with one attached hydrogen (secondary N) is 1. The van der Waals surface area contributed by atoms with E-state index in [4.69, 9.17) is 5.26 Å². The monoisotopic (exact) mass is 414 g/mol. The van der Waals surface area contributed by atoms with E-state index in [0.717, 1.165) is 47.0 Å². The Morgan fingerprint density at radius 3 is 2.70 bits per heavy atom. The number of likely N-dealkylation sites (tertiary alicyclic amines) is 1. The first-order valence-corrected chi connectivity index (χ1v) is 10.5. The van der Waals surface area contributed by atoms with Crippen LogP contribution in [0.2, 0.25) is 0 Å². The second-order valence-corrected chi connectivity index (χ2v) is 8.19. The van der Waals surface area contributed by atoms with Crippen LogP contribution in [0.4, 0.5) is 0 Å².